The molecule has 0 unspecified atom stereocenters. The summed E-state index contributed by atoms with van der Waals surface area (Å²) in [6.07, 6.45) is 0. The van der Waals surface area contributed by atoms with E-state index in [1.807, 2.05) is 6.07 Å². The molecule has 2 aromatic rings. The summed E-state index contributed by atoms with van der Waals surface area (Å²) in [4.78, 5) is -0.725. The Morgan fingerprint density at radius 3 is 2.48 bits per heavy atom. The minimum atomic E-state index is -4.31. The van der Waals surface area contributed by atoms with E-state index in [-0.39, 0.29) is 15.7 Å². The molecule has 0 spiro atoms. The maximum Gasteiger partial charge on any atom is 0.265 e. The van der Waals surface area contributed by atoms with E-state index in [0.29, 0.717) is 6.07 Å². The van der Waals surface area contributed by atoms with Gasteiger partial charge in [-0.25, -0.2) is 17.2 Å². The minimum Gasteiger partial charge on any atom is -0.278 e. The predicted octanol–water partition coefficient (Wildman–Crippen LogP) is 3.40. The quantitative estimate of drug-likeness (QED) is 0.897. The predicted molar refractivity (Wildman–Crippen MR) is 76.0 cm³/mol. The molecule has 108 valence electrons. The number of nitrogens with zero attached hydrogens (tertiary/aromatic N) is 1. The number of hydrogen-bond acceptors (Lipinski definition) is 3. The first kappa shape index (κ1) is 15.4. The summed E-state index contributed by atoms with van der Waals surface area (Å²) in [7, 11) is -4.31. The number of halogens is 3. The average molecular weight is 373 g/mol. The molecule has 8 heteroatoms. The highest BCUT2D eigenvalue weighted by Crippen LogP contribution is 2.28. The zero-order valence-electron chi connectivity index (χ0n) is 10.3. The van der Waals surface area contributed by atoms with E-state index in [1.54, 1.807) is 6.07 Å². The second-order valence-electron chi connectivity index (χ2n) is 3.96. The van der Waals surface area contributed by atoms with Gasteiger partial charge in [0.05, 0.1) is 11.3 Å². The first-order valence-electron chi connectivity index (χ1n) is 5.51. The second-order valence-corrected chi connectivity index (χ2v) is 6.44. The summed E-state index contributed by atoms with van der Waals surface area (Å²) in [6, 6.07) is 8.98. The van der Waals surface area contributed by atoms with Crippen molar-refractivity contribution in [2.75, 3.05) is 4.72 Å². The fourth-order valence-electron chi connectivity index (χ4n) is 1.65. The van der Waals surface area contributed by atoms with Gasteiger partial charge in [0, 0.05) is 10.5 Å². The summed E-state index contributed by atoms with van der Waals surface area (Å²) in [5.74, 6) is -2.14. The number of anilines is 1. The van der Waals surface area contributed by atoms with Crippen LogP contribution in [0, 0.1) is 23.0 Å². The Bertz CT molecular complexity index is 824. The normalized spacial score (nSPS) is 11.0. The van der Waals surface area contributed by atoms with Gasteiger partial charge in [0.15, 0.2) is 0 Å². The molecule has 2 aromatic carbocycles. The van der Waals surface area contributed by atoms with Crippen LogP contribution >= 0.6 is 15.9 Å². The lowest BCUT2D eigenvalue weighted by molar-refractivity contribution is 0.548. The molecular weight excluding hydrogens is 366 g/mol. The van der Waals surface area contributed by atoms with Crippen LogP contribution in [0.1, 0.15) is 5.56 Å². The molecule has 0 aliphatic heterocycles. The van der Waals surface area contributed by atoms with E-state index in [4.69, 9.17) is 5.26 Å². The molecule has 0 aliphatic rings. The van der Waals surface area contributed by atoms with E-state index in [1.165, 1.54) is 18.2 Å². The molecule has 4 nitrogen and oxygen atoms in total. The number of para-hydroxylation sites is 1. The Morgan fingerprint density at radius 2 is 1.86 bits per heavy atom. The fraction of sp³-hybridized carbons (Fsp3) is 0. The van der Waals surface area contributed by atoms with Crippen LogP contribution in [0.4, 0.5) is 14.5 Å². The third-order valence-corrected chi connectivity index (χ3v) is 4.85. The van der Waals surface area contributed by atoms with Crippen molar-refractivity contribution in [1.29, 1.82) is 5.26 Å². The number of nitrogens with one attached hydrogen (secondary N) is 1. The van der Waals surface area contributed by atoms with Crippen LogP contribution in [0.25, 0.3) is 0 Å². The second kappa shape index (κ2) is 5.79. The average Bonchev–Trinajstić information content (AvgIpc) is 2.37. The Morgan fingerprint density at radius 1 is 1.19 bits per heavy atom. The maximum atomic E-state index is 13.7. The zero-order chi connectivity index (χ0) is 15.6. The lowest BCUT2D eigenvalue weighted by atomic mass is 10.2. The van der Waals surface area contributed by atoms with Gasteiger partial charge < -0.3 is 0 Å². The number of sulfonamides is 1. The highest BCUT2D eigenvalue weighted by Gasteiger charge is 2.24. The zero-order valence-corrected chi connectivity index (χ0v) is 12.7. The summed E-state index contributed by atoms with van der Waals surface area (Å²) < 4.78 is 53.0. The van der Waals surface area contributed by atoms with E-state index in [2.05, 4.69) is 20.7 Å². The smallest absolute Gasteiger partial charge is 0.265 e. The Labute approximate surface area is 128 Å². The number of rotatable bonds is 3. The van der Waals surface area contributed by atoms with Gasteiger partial charge in [-0.2, -0.15) is 5.26 Å². The molecule has 0 amide bonds. The van der Waals surface area contributed by atoms with E-state index < -0.39 is 26.6 Å². The van der Waals surface area contributed by atoms with Crippen LogP contribution in [-0.2, 0) is 10.0 Å². The van der Waals surface area contributed by atoms with Crippen molar-refractivity contribution in [3.05, 3.63) is 58.1 Å². The van der Waals surface area contributed by atoms with Gasteiger partial charge in [-0.15, -0.1) is 0 Å². The van der Waals surface area contributed by atoms with Crippen molar-refractivity contribution in [3.63, 3.8) is 0 Å². The van der Waals surface area contributed by atoms with Crippen LogP contribution < -0.4 is 4.72 Å². The molecule has 21 heavy (non-hydrogen) atoms. The Balaban J connectivity index is 2.52. The van der Waals surface area contributed by atoms with Gasteiger partial charge in [-0.1, -0.05) is 12.1 Å². The van der Waals surface area contributed by atoms with Crippen LogP contribution in [-0.4, -0.2) is 8.42 Å². The monoisotopic (exact) mass is 372 g/mol. The molecule has 1 N–H and O–H groups in total. The molecule has 0 heterocycles. The molecule has 2 rings (SSSR count). The molecule has 0 atom stereocenters. The maximum absolute atomic E-state index is 13.7. The molecular formula is C13H7BrF2N2O2S. The van der Waals surface area contributed by atoms with E-state index in [9.17, 15) is 17.2 Å². The molecule has 0 aliphatic carbocycles. The molecule has 0 saturated carbocycles. The van der Waals surface area contributed by atoms with Crippen molar-refractivity contribution in [2.24, 2.45) is 0 Å². The standard InChI is InChI=1S/C13H7BrF2N2O2S/c14-10-5-9(15)6-11(16)13(10)21(19,20)18-12-4-2-1-3-8(12)7-17/h1-6,18H. The summed E-state index contributed by atoms with van der Waals surface area (Å²) in [5.41, 5.74) is 0.0929. The summed E-state index contributed by atoms with van der Waals surface area (Å²) in [5, 5.41) is 8.91. The first-order valence-corrected chi connectivity index (χ1v) is 7.79. The highest BCUT2D eigenvalue weighted by atomic mass is 79.9. The minimum absolute atomic E-state index is 0.00984. The largest absolute Gasteiger partial charge is 0.278 e. The molecule has 0 bridgehead atoms. The van der Waals surface area contributed by atoms with Gasteiger partial charge in [-0.3, -0.25) is 4.72 Å². The van der Waals surface area contributed by atoms with Crippen molar-refractivity contribution >= 4 is 31.6 Å². The van der Waals surface area contributed by atoms with Crippen molar-refractivity contribution < 1.29 is 17.2 Å². The SMILES string of the molecule is N#Cc1ccccc1NS(=O)(=O)c1c(F)cc(F)cc1Br. The first-order chi connectivity index (χ1) is 9.85. The van der Waals surface area contributed by atoms with Crippen molar-refractivity contribution in [3.8, 4) is 6.07 Å². The molecule has 0 radical (unpaired) electrons. The molecule has 0 saturated heterocycles. The van der Waals surface area contributed by atoms with Gasteiger partial charge in [-0.05, 0) is 34.1 Å². The Kier molecular flexibility index (Phi) is 4.25. The fourth-order valence-corrected chi connectivity index (χ4v) is 3.90. The van der Waals surface area contributed by atoms with Gasteiger partial charge in [0.25, 0.3) is 10.0 Å². The van der Waals surface area contributed by atoms with E-state index >= 15 is 0 Å². The van der Waals surface area contributed by atoms with Gasteiger partial charge in [0.1, 0.15) is 22.6 Å². The molecule has 0 fully saturated rings. The van der Waals surface area contributed by atoms with Crippen molar-refractivity contribution in [2.45, 2.75) is 4.90 Å². The number of nitriles is 1. The third kappa shape index (κ3) is 3.20. The van der Waals surface area contributed by atoms with Crippen LogP contribution in [0.3, 0.4) is 0 Å². The third-order valence-electron chi connectivity index (χ3n) is 2.52. The van der Waals surface area contributed by atoms with E-state index in [0.717, 1.165) is 6.07 Å². The lowest BCUT2D eigenvalue weighted by Crippen LogP contribution is -2.16. The van der Waals surface area contributed by atoms with Gasteiger partial charge >= 0.3 is 0 Å². The number of hydrogen-bond donors (Lipinski definition) is 1. The van der Waals surface area contributed by atoms with Gasteiger partial charge in [0.2, 0.25) is 0 Å². The summed E-state index contributed by atoms with van der Waals surface area (Å²) >= 11 is 2.82. The summed E-state index contributed by atoms with van der Waals surface area (Å²) in [6.45, 7) is 0. The van der Waals surface area contributed by atoms with Crippen molar-refractivity contribution in [1.82, 2.24) is 0 Å². The van der Waals surface area contributed by atoms with Crippen LogP contribution in [0.15, 0.2) is 45.8 Å². The topological polar surface area (TPSA) is 70.0 Å². The Hall–Kier alpha value is -1.98. The highest BCUT2D eigenvalue weighted by molar-refractivity contribution is 9.10. The molecule has 0 aromatic heterocycles. The lowest BCUT2D eigenvalue weighted by Gasteiger charge is -2.11. The van der Waals surface area contributed by atoms with Crippen LogP contribution in [0.2, 0.25) is 0 Å². The number of benzene rings is 2. The van der Waals surface area contributed by atoms with Crippen LogP contribution in [0.5, 0.6) is 0 Å².